The molecule has 2 aromatic rings. The first-order valence-electron chi connectivity index (χ1n) is 6.00. The zero-order valence-corrected chi connectivity index (χ0v) is 11.5. The number of aromatic nitrogens is 2. The summed E-state index contributed by atoms with van der Waals surface area (Å²) in [5, 5.41) is 2.06. The number of nitrogens with zero attached hydrogens (tertiary/aromatic N) is 3. The molecule has 2 rings (SSSR count). The van der Waals surface area contributed by atoms with Crippen LogP contribution in [-0.4, -0.2) is 17.0 Å². The number of anilines is 1. The van der Waals surface area contributed by atoms with Gasteiger partial charge < -0.3 is 10.6 Å². The van der Waals surface area contributed by atoms with Gasteiger partial charge in [-0.1, -0.05) is 6.92 Å². The Morgan fingerprint density at radius 1 is 1.39 bits per heavy atom. The second-order valence-corrected chi connectivity index (χ2v) is 5.01. The van der Waals surface area contributed by atoms with Crippen molar-refractivity contribution in [3.63, 3.8) is 0 Å². The molecule has 0 spiro atoms. The fourth-order valence-corrected chi connectivity index (χ4v) is 2.25. The van der Waals surface area contributed by atoms with Gasteiger partial charge in [0.15, 0.2) is 0 Å². The predicted molar refractivity (Wildman–Crippen MR) is 75.7 cm³/mol. The Bertz CT molecular complexity index is 466. The maximum Gasteiger partial charge on any atom is 0.0795 e. The van der Waals surface area contributed by atoms with Crippen LogP contribution in [0.4, 0.5) is 5.69 Å². The minimum Gasteiger partial charge on any atom is -0.367 e. The molecule has 0 saturated heterocycles. The second-order valence-electron chi connectivity index (χ2n) is 4.29. The lowest BCUT2D eigenvalue weighted by molar-refractivity contribution is 0.675. The summed E-state index contributed by atoms with van der Waals surface area (Å²) in [6.07, 6.45) is 2.78. The molecule has 2 aromatic heterocycles. The van der Waals surface area contributed by atoms with E-state index in [0.717, 1.165) is 30.0 Å². The molecule has 0 aliphatic rings. The monoisotopic (exact) mass is 262 g/mol. The Labute approximate surface area is 111 Å². The summed E-state index contributed by atoms with van der Waals surface area (Å²) in [6, 6.07) is 4.09. The van der Waals surface area contributed by atoms with Crippen LogP contribution in [0, 0.1) is 0 Å². The fraction of sp³-hybridized carbons (Fsp3) is 0.385. The van der Waals surface area contributed by atoms with E-state index in [1.165, 1.54) is 0 Å². The van der Waals surface area contributed by atoms with Crippen molar-refractivity contribution in [2.75, 3.05) is 11.9 Å². The van der Waals surface area contributed by atoms with E-state index in [9.17, 15) is 0 Å². The highest BCUT2D eigenvalue weighted by Gasteiger charge is 2.07. The van der Waals surface area contributed by atoms with Crippen LogP contribution in [-0.2, 0) is 6.54 Å². The molecule has 0 saturated carbocycles. The predicted octanol–water partition coefficient (Wildman–Crippen LogP) is 2.58. The van der Waals surface area contributed by atoms with Gasteiger partial charge in [0.25, 0.3) is 0 Å². The highest BCUT2D eigenvalue weighted by molar-refractivity contribution is 7.07. The maximum atomic E-state index is 5.95. The van der Waals surface area contributed by atoms with Gasteiger partial charge >= 0.3 is 0 Å². The van der Waals surface area contributed by atoms with E-state index in [0.29, 0.717) is 0 Å². The lowest BCUT2D eigenvalue weighted by atomic mass is 10.1. The Morgan fingerprint density at radius 2 is 2.22 bits per heavy atom. The second kappa shape index (κ2) is 5.93. The summed E-state index contributed by atoms with van der Waals surface area (Å²) in [7, 11) is 2.04. The smallest absolute Gasteiger partial charge is 0.0795 e. The molecule has 0 unspecified atom stereocenters. The number of nitrogens with two attached hydrogens (primary N) is 1. The zero-order valence-electron chi connectivity index (χ0n) is 10.7. The number of rotatable bonds is 5. The molecule has 96 valence electrons. The standard InChI is InChI=1S/C13H18N4S/c1-3-12(14)13-5-4-11(6-15-13)17(2)7-10-8-18-9-16-10/h4-6,8-9,12H,3,7,14H2,1-2H3/t12-/m0/s1. The number of hydrogen-bond acceptors (Lipinski definition) is 5. The summed E-state index contributed by atoms with van der Waals surface area (Å²) >= 11 is 1.62. The third-order valence-corrected chi connectivity index (χ3v) is 3.55. The van der Waals surface area contributed by atoms with Crippen LogP contribution in [0.2, 0.25) is 0 Å². The van der Waals surface area contributed by atoms with Crippen molar-refractivity contribution < 1.29 is 0 Å². The molecule has 4 nitrogen and oxygen atoms in total. The van der Waals surface area contributed by atoms with Gasteiger partial charge in [0, 0.05) is 18.5 Å². The van der Waals surface area contributed by atoms with Crippen molar-refractivity contribution in [1.29, 1.82) is 0 Å². The Balaban J connectivity index is 2.04. The van der Waals surface area contributed by atoms with E-state index in [-0.39, 0.29) is 6.04 Å². The van der Waals surface area contributed by atoms with E-state index in [1.807, 2.05) is 24.8 Å². The first-order valence-corrected chi connectivity index (χ1v) is 6.94. The van der Waals surface area contributed by atoms with Crippen LogP contribution >= 0.6 is 11.3 Å². The molecule has 0 aliphatic heterocycles. The van der Waals surface area contributed by atoms with Gasteiger partial charge in [0.05, 0.1) is 35.3 Å². The quantitative estimate of drug-likeness (QED) is 0.900. The van der Waals surface area contributed by atoms with Crippen LogP contribution < -0.4 is 10.6 Å². The van der Waals surface area contributed by atoms with E-state index >= 15 is 0 Å². The summed E-state index contributed by atoms with van der Waals surface area (Å²) in [4.78, 5) is 10.8. The first-order chi connectivity index (χ1) is 8.70. The van der Waals surface area contributed by atoms with E-state index in [2.05, 4.69) is 33.2 Å². The van der Waals surface area contributed by atoms with Crippen molar-refractivity contribution in [2.45, 2.75) is 25.9 Å². The van der Waals surface area contributed by atoms with E-state index < -0.39 is 0 Å². The molecule has 0 aromatic carbocycles. The van der Waals surface area contributed by atoms with E-state index in [4.69, 9.17) is 5.73 Å². The van der Waals surface area contributed by atoms with Crippen molar-refractivity contribution in [3.8, 4) is 0 Å². The van der Waals surface area contributed by atoms with Crippen molar-refractivity contribution in [3.05, 3.63) is 40.6 Å². The molecule has 0 fully saturated rings. The Kier molecular flexibility index (Phi) is 4.28. The molecular weight excluding hydrogens is 244 g/mol. The fourth-order valence-electron chi connectivity index (χ4n) is 1.70. The van der Waals surface area contributed by atoms with Crippen LogP contribution in [0.25, 0.3) is 0 Å². The van der Waals surface area contributed by atoms with Gasteiger partial charge in [0.2, 0.25) is 0 Å². The molecular formula is C13H18N4S. The van der Waals surface area contributed by atoms with Crippen molar-refractivity contribution in [1.82, 2.24) is 9.97 Å². The molecule has 1 atom stereocenters. The summed E-state index contributed by atoms with van der Waals surface area (Å²) < 4.78 is 0. The molecule has 2 heterocycles. The number of thiazole rings is 1. The van der Waals surface area contributed by atoms with Gasteiger partial charge in [-0.25, -0.2) is 4.98 Å². The average Bonchev–Trinajstić information content (AvgIpc) is 2.91. The van der Waals surface area contributed by atoms with Gasteiger partial charge in [-0.15, -0.1) is 11.3 Å². The third kappa shape index (κ3) is 3.05. The maximum absolute atomic E-state index is 5.95. The summed E-state index contributed by atoms with van der Waals surface area (Å²) in [5.74, 6) is 0. The van der Waals surface area contributed by atoms with Gasteiger partial charge in [-0.2, -0.15) is 0 Å². The molecule has 0 bridgehead atoms. The SMILES string of the molecule is CC[C@H](N)c1ccc(N(C)Cc2cscn2)cn1. The molecule has 2 N–H and O–H groups in total. The minimum atomic E-state index is 0.0305. The first kappa shape index (κ1) is 13.0. The van der Waals surface area contributed by atoms with Crippen LogP contribution in [0.3, 0.4) is 0 Å². The average molecular weight is 262 g/mol. The lowest BCUT2D eigenvalue weighted by Gasteiger charge is -2.18. The highest BCUT2D eigenvalue weighted by Crippen LogP contribution is 2.17. The van der Waals surface area contributed by atoms with Crippen LogP contribution in [0.1, 0.15) is 30.8 Å². The minimum absolute atomic E-state index is 0.0305. The summed E-state index contributed by atoms with van der Waals surface area (Å²) in [5.41, 5.74) is 10.9. The van der Waals surface area contributed by atoms with Gasteiger partial charge in [-0.05, 0) is 18.6 Å². The van der Waals surface area contributed by atoms with Gasteiger partial charge in [-0.3, -0.25) is 4.98 Å². The number of hydrogen-bond donors (Lipinski definition) is 1. The van der Waals surface area contributed by atoms with Crippen LogP contribution in [0.15, 0.2) is 29.2 Å². The third-order valence-electron chi connectivity index (χ3n) is 2.91. The summed E-state index contributed by atoms with van der Waals surface area (Å²) in [6.45, 7) is 2.86. The molecule has 0 radical (unpaired) electrons. The van der Waals surface area contributed by atoms with Crippen molar-refractivity contribution in [2.24, 2.45) is 5.73 Å². The molecule has 0 amide bonds. The van der Waals surface area contributed by atoms with Crippen molar-refractivity contribution >= 4 is 17.0 Å². The normalized spacial score (nSPS) is 12.4. The molecule has 18 heavy (non-hydrogen) atoms. The Morgan fingerprint density at radius 3 is 2.78 bits per heavy atom. The van der Waals surface area contributed by atoms with Gasteiger partial charge in [0.1, 0.15) is 0 Å². The topological polar surface area (TPSA) is 55.0 Å². The van der Waals surface area contributed by atoms with Crippen LogP contribution in [0.5, 0.6) is 0 Å². The highest BCUT2D eigenvalue weighted by atomic mass is 32.1. The van der Waals surface area contributed by atoms with E-state index in [1.54, 1.807) is 11.3 Å². The largest absolute Gasteiger partial charge is 0.367 e. The molecule has 5 heteroatoms. The number of pyridine rings is 1. The molecule has 0 aliphatic carbocycles. The lowest BCUT2D eigenvalue weighted by Crippen LogP contribution is -2.17. The Hall–Kier alpha value is -1.46. The zero-order chi connectivity index (χ0) is 13.0.